The molecule has 24 heavy (non-hydrogen) atoms. The van der Waals surface area contributed by atoms with Gasteiger partial charge in [-0.3, -0.25) is 0 Å². The molecule has 0 saturated heterocycles. The van der Waals surface area contributed by atoms with Crippen LogP contribution in [-0.4, -0.2) is 30.0 Å². The van der Waals surface area contributed by atoms with Crippen molar-refractivity contribution in [3.63, 3.8) is 0 Å². The molecule has 1 heterocycles. The molecule has 0 aliphatic heterocycles. The maximum absolute atomic E-state index is 12.0. The summed E-state index contributed by atoms with van der Waals surface area (Å²) in [7, 11) is 0. The minimum atomic E-state index is -0.720. The number of aliphatic hydroxyl groups is 1. The maximum Gasteiger partial charge on any atom is 0.383 e. The molecular weight excluding hydrogens is 312 g/mol. The van der Waals surface area contributed by atoms with E-state index in [2.05, 4.69) is 13.8 Å². The molecule has 0 bridgehead atoms. The number of aromatic hydroxyl groups is 1. The van der Waals surface area contributed by atoms with Crippen molar-refractivity contribution in [1.29, 1.82) is 0 Å². The van der Waals surface area contributed by atoms with Crippen LogP contribution in [0.15, 0.2) is 27.4 Å². The van der Waals surface area contributed by atoms with E-state index in [4.69, 9.17) is 19.0 Å². The summed E-state index contributed by atoms with van der Waals surface area (Å²) < 4.78 is 15.9. The van der Waals surface area contributed by atoms with E-state index >= 15 is 0 Å². The number of ether oxygens (including phenoxy) is 2. The van der Waals surface area contributed by atoms with Crippen molar-refractivity contribution in [2.24, 2.45) is 5.92 Å². The molecular formula is C18H24O6. The van der Waals surface area contributed by atoms with Crippen molar-refractivity contribution in [2.45, 2.75) is 33.1 Å². The molecule has 0 fully saturated rings. The molecule has 2 N–H and O–H groups in total. The zero-order valence-corrected chi connectivity index (χ0v) is 14.1. The van der Waals surface area contributed by atoms with E-state index in [0.717, 1.165) is 19.3 Å². The lowest BCUT2D eigenvalue weighted by molar-refractivity contribution is 0.201. The molecule has 2 rings (SSSR count). The van der Waals surface area contributed by atoms with Crippen LogP contribution in [0.25, 0.3) is 11.0 Å². The number of aliphatic hydroxyl groups excluding tert-OH is 1. The van der Waals surface area contributed by atoms with Crippen LogP contribution in [0.4, 0.5) is 0 Å². The number of hydrogen-bond donors (Lipinski definition) is 2. The second-order valence-corrected chi connectivity index (χ2v) is 5.80. The summed E-state index contributed by atoms with van der Waals surface area (Å²) in [6.07, 6.45) is 2.91. The Morgan fingerprint density at radius 1 is 1.25 bits per heavy atom. The first-order valence-electron chi connectivity index (χ1n) is 8.23. The summed E-state index contributed by atoms with van der Waals surface area (Å²) in [4.78, 5) is 12.0. The number of fused-ring (bicyclic) bond motifs is 1. The third-order valence-corrected chi connectivity index (χ3v) is 3.96. The van der Waals surface area contributed by atoms with Gasteiger partial charge in [0.15, 0.2) is 5.75 Å². The van der Waals surface area contributed by atoms with Gasteiger partial charge in [-0.1, -0.05) is 20.3 Å². The number of rotatable bonds is 9. The van der Waals surface area contributed by atoms with Crippen molar-refractivity contribution in [1.82, 2.24) is 0 Å². The molecule has 1 unspecified atom stereocenters. The van der Waals surface area contributed by atoms with Gasteiger partial charge in [-0.25, -0.2) is 4.79 Å². The molecule has 132 valence electrons. The van der Waals surface area contributed by atoms with Crippen molar-refractivity contribution >= 4 is 11.0 Å². The summed E-state index contributed by atoms with van der Waals surface area (Å²) in [6.45, 7) is 4.67. The molecule has 1 aromatic carbocycles. The molecule has 0 amide bonds. The maximum atomic E-state index is 12.0. The molecule has 0 radical (unpaired) electrons. The summed E-state index contributed by atoms with van der Waals surface area (Å²) in [5.41, 5.74) is -0.511. The molecule has 0 aliphatic rings. The van der Waals surface area contributed by atoms with E-state index in [1.165, 1.54) is 6.07 Å². The summed E-state index contributed by atoms with van der Waals surface area (Å²) >= 11 is 0. The Balaban J connectivity index is 2.15. The van der Waals surface area contributed by atoms with Crippen molar-refractivity contribution < 1.29 is 24.1 Å². The Morgan fingerprint density at radius 3 is 2.75 bits per heavy atom. The lowest BCUT2D eigenvalue weighted by Gasteiger charge is -2.11. The zero-order valence-electron chi connectivity index (χ0n) is 14.1. The van der Waals surface area contributed by atoms with Gasteiger partial charge < -0.3 is 24.1 Å². The molecule has 0 spiro atoms. The van der Waals surface area contributed by atoms with Crippen LogP contribution in [0.3, 0.4) is 0 Å². The van der Waals surface area contributed by atoms with Gasteiger partial charge in [-0.15, -0.1) is 0 Å². The van der Waals surface area contributed by atoms with Gasteiger partial charge in [0.05, 0.1) is 18.6 Å². The SMILES string of the molecule is CCC(C)CCCOc1c(O)c2ccc(OCCO)cc2oc1=O. The van der Waals surface area contributed by atoms with Gasteiger partial charge in [0, 0.05) is 6.07 Å². The molecule has 0 aliphatic carbocycles. The lowest BCUT2D eigenvalue weighted by atomic mass is 10.0. The minimum absolute atomic E-state index is 0.114. The first kappa shape index (κ1) is 18.1. The highest BCUT2D eigenvalue weighted by Gasteiger charge is 2.16. The van der Waals surface area contributed by atoms with Crippen molar-refractivity contribution in [2.75, 3.05) is 19.8 Å². The first-order valence-corrected chi connectivity index (χ1v) is 8.23. The average molecular weight is 336 g/mol. The second-order valence-electron chi connectivity index (χ2n) is 5.80. The standard InChI is InChI=1S/C18H24O6/c1-3-12(2)5-4-9-23-17-16(20)14-7-6-13(22-10-8-19)11-15(14)24-18(17)21/h6-7,11-12,19-20H,3-5,8-10H2,1-2H3. The van der Waals surface area contributed by atoms with Gasteiger partial charge >= 0.3 is 5.63 Å². The highest BCUT2D eigenvalue weighted by molar-refractivity contribution is 5.86. The van der Waals surface area contributed by atoms with Crippen LogP contribution >= 0.6 is 0 Å². The summed E-state index contributed by atoms with van der Waals surface area (Å²) in [5.74, 6) is 0.669. The highest BCUT2D eigenvalue weighted by Crippen LogP contribution is 2.33. The van der Waals surface area contributed by atoms with Crippen LogP contribution in [-0.2, 0) is 0 Å². The lowest BCUT2D eigenvalue weighted by Crippen LogP contribution is -2.09. The molecule has 6 heteroatoms. The zero-order chi connectivity index (χ0) is 17.5. The fourth-order valence-electron chi connectivity index (χ4n) is 2.34. The Kier molecular flexibility index (Phi) is 6.49. The fourth-order valence-corrected chi connectivity index (χ4v) is 2.34. The Hall–Kier alpha value is -2.21. The van der Waals surface area contributed by atoms with Crippen LogP contribution in [0, 0.1) is 5.92 Å². The van der Waals surface area contributed by atoms with E-state index in [-0.39, 0.29) is 30.3 Å². The average Bonchev–Trinajstić information content (AvgIpc) is 2.58. The van der Waals surface area contributed by atoms with Crippen molar-refractivity contribution in [3.05, 3.63) is 28.6 Å². The van der Waals surface area contributed by atoms with Gasteiger partial charge in [0.2, 0.25) is 5.75 Å². The van der Waals surface area contributed by atoms with Crippen molar-refractivity contribution in [3.8, 4) is 17.2 Å². The van der Waals surface area contributed by atoms with Gasteiger partial charge in [-0.05, 0) is 30.9 Å². The third-order valence-electron chi connectivity index (χ3n) is 3.96. The minimum Gasteiger partial charge on any atom is -0.504 e. The van der Waals surface area contributed by atoms with Crippen LogP contribution in [0.2, 0.25) is 0 Å². The van der Waals surface area contributed by atoms with Crippen LogP contribution in [0.1, 0.15) is 33.1 Å². The largest absolute Gasteiger partial charge is 0.504 e. The van der Waals surface area contributed by atoms with E-state index in [1.54, 1.807) is 12.1 Å². The van der Waals surface area contributed by atoms with Crippen LogP contribution in [0.5, 0.6) is 17.2 Å². The Bertz CT molecular complexity index is 721. The summed E-state index contributed by atoms with van der Waals surface area (Å²) in [5, 5.41) is 19.4. The monoisotopic (exact) mass is 336 g/mol. The number of benzene rings is 1. The molecule has 1 aromatic heterocycles. The van der Waals surface area contributed by atoms with E-state index < -0.39 is 5.63 Å². The summed E-state index contributed by atoms with van der Waals surface area (Å²) in [6, 6.07) is 4.72. The topological polar surface area (TPSA) is 89.1 Å². The number of hydrogen-bond acceptors (Lipinski definition) is 6. The third kappa shape index (κ3) is 4.41. The van der Waals surface area contributed by atoms with Gasteiger partial charge in [0.25, 0.3) is 0 Å². The predicted molar refractivity (Wildman–Crippen MR) is 90.9 cm³/mol. The van der Waals surface area contributed by atoms with E-state index in [9.17, 15) is 9.90 Å². The molecule has 2 aromatic rings. The van der Waals surface area contributed by atoms with E-state index in [0.29, 0.717) is 23.7 Å². The Labute approximate surface area is 140 Å². The quantitative estimate of drug-likeness (QED) is 0.540. The van der Waals surface area contributed by atoms with Gasteiger partial charge in [0.1, 0.15) is 17.9 Å². The first-order chi connectivity index (χ1) is 11.6. The highest BCUT2D eigenvalue weighted by atomic mass is 16.5. The van der Waals surface area contributed by atoms with Gasteiger partial charge in [-0.2, -0.15) is 0 Å². The van der Waals surface area contributed by atoms with Crippen LogP contribution < -0.4 is 15.1 Å². The predicted octanol–water partition coefficient (Wildman–Crippen LogP) is 3.07. The fraction of sp³-hybridized carbons (Fsp3) is 0.500. The normalized spacial score (nSPS) is 12.3. The second kappa shape index (κ2) is 8.59. The smallest absolute Gasteiger partial charge is 0.383 e. The molecule has 6 nitrogen and oxygen atoms in total. The molecule has 0 saturated carbocycles. The molecule has 1 atom stereocenters. The van der Waals surface area contributed by atoms with E-state index in [1.807, 2.05) is 0 Å². The Morgan fingerprint density at radius 2 is 2.04 bits per heavy atom.